The fraction of sp³-hybridized carbons (Fsp3) is 0.176. The smallest absolute Gasteiger partial charge is 0.342 e. The lowest BCUT2D eigenvalue weighted by atomic mass is 10.2. The van der Waals surface area contributed by atoms with Crippen LogP contribution in [0.3, 0.4) is 0 Å². The van der Waals surface area contributed by atoms with Gasteiger partial charge in [0, 0.05) is 10.7 Å². The molecule has 2 rings (SSSR count). The third kappa shape index (κ3) is 5.43. The van der Waals surface area contributed by atoms with Gasteiger partial charge in [0.15, 0.2) is 6.61 Å². The molecule has 0 saturated heterocycles. The maximum absolute atomic E-state index is 12.2. The molecule has 144 valence electrons. The summed E-state index contributed by atoms with van der Waals surface area (Å²) >= 11 is 5.88. The van der Waals surface area contributed by atoms with Crippen molar-refractivity contribution in [2.24, 2.45) is 5.14 Å². The van der Waals surface area contributed by atoms with E-state index < -0.39 is 28.5 Å². The van der Waals surface area contributed by atoms with Crippen LogP contribution >= 0.6 is 11.6 Å². The second-order valence-corrected chi connectivity index (χ2v) is 7.49. The number of primary sulfonamides is 1. The number of benzene rings is 2. The highest BCUT2D eigenvalue weighted by Gasteiger charge is 2.19. The van der Waals surface area contributed by atoms with Crippen LogP contribution in [0.2, 0.25) is 5.02 Å². The topological polar surface area (TPSA) is 125 Å². The second-order valence-electron chi connectivity index (χ2n) is 5.49. The van der Waals surface area contributed by atoms with Gasteiger partial charge >= 0.3 is 5.97 Å². The van der Waals surface area contributed by atoms with Gasteiger partial charge in [-0.3, -0.25) is 4.79 Å². The summed E-state index contributed by atoms with van der Waals surface area (Å²) < 4.78 is 32.8. The molecule has 0 aliphatic carbocycles. The van der Waals surface area contributed by atoms with Gasteiger partial charge in [-0.2, -0.15) is 0 Å². The molecule has 0 fully saturated rings. The minimum Gasteiger partial charge on any atom is -0.496 e. The van der Waals surface area contributed by atoms with Gasteiger partial charge in [0.2, 0.25) is 10.0 Å². The Balaban J connectivity index is 2.11. The van der Waals surface area contributed by atoms with Crippen molar-refractivity contribution in [3.05, 3.63) is 52.5 Å². The van der Waals surface area contributed by atoms with Crippen LogP contribution in [0.15, 0.2) is 41.3 Å². The lowest BCUT2D eigenvalue weighted by molar-refractivity contribution is -0.119. The first-order valence-corrected chi connectivity index (χ1v) is 9.48. The van der Waals surface area contributed by atoms with Crippen LogP contribution in [0.5, 0.6) is 5.75 Å². The number of ether oxygens (including phenoxy) is 2. The standard InChI is InChI=1S/C17H17ClN2O6S/c1-10-3-4-11(18)7-14(10)20-16(21)9-26-17(22)13-8-12(27(19,23)24)5-6-15(13)25-2/h3-8H,9H2,1-2H3,(H,20,21)(H2,19,23,24). The normalized spacial score (nSPS) is 11.0. The molecule has 27 heavy (non-hydrogen) atoms. The van der Waals surface area contributed by atoms with E-state index in [1.54, 1.807) is 25.1 Å². The molecule has 0 atom stereocenters. The fourth-order valence-electron chi connectivity index (χ4n) is 2.15. The zero-order valence-electron chi connectivity index (χ0n) is 14.5. The van der Waals surface area contributed by atoms with Crippen LogP contribution < -0.4 is 15.2 Å². The average molecular weight is 413 g/mol. The summed E-state index contributed by atoms with van der Waals surface area (Å²) in [5.74, 6) is -1.44. The third-order valence-corrected chi connectivity index (χ3v) is 4.67. The van der Waals surface area contributed by atoms with Crippen molar-refractivity contribution in [3.8, 4) is 5.75 Å². The number of amides is 1. The molecule has 2 aromatic rings. The zero-order chi connectivity index (χ0) is 20.2. The first-order valence-electron chi connectivity index (χ1n) is 7.56. The molecule has 0 heterocycles. The van der Waals surface area contributed by atoms with E-state index in [1.807, 2.05) is 0 Å². The lowest BCUT2D eigenvalue weighted by Crippen LogP contribution is -2.22. The minimum atomic E-state index is -4.02. The van der Waals surface area contributed by atoms with Gasteiger partial charge in [0.05, 0.1) is 12.0 Å². The van der Waals surface area contributed by atoms with E-state index in [0.717, 1.165) is 11.6 Å². The number of nitrogens with two attached hydrogens (primary N) is 1. The molecule has 10 heteroatoms. The highest BCUT2D eigenvalue weighted by atomic mass is 35.5. The number of nitrogens with one attached hydrogen (secondary N) is 1. The molecule has 0 radical (unpaired) electrons. The zero-order valence-corrected chi connectivity index (χ0v) is 16.1. The van der Waals surface area contributed by atoms with E-state index >= 15 is 0 Å². The summed E-state index contributed by atoms with van der Waals surface area (Å²) in [7, 11) is -2.72. The number of methoxy groups -OCH3 is 1. The molecule has 1 amide bonds. The number of rotatable bonds is 6. The van der Waals surface area contributed by atoms with Crippen LogP contribution in [-0.2, 0) is 19.6 Å². The van der Waals surface area contributed by atoms with E-state index in [1.165, 1.54) is 19.2 Å². The number of carbonyl (C=O) groups excluding carboxylic acids is 2. The summed E-state index contributed by atoms with van der Waals surface area (Å²) in [6, 6.07) is 8.46. The Kier molecular flexibility index (Phi) is 6.42. The molecular weight excluding hydrogens is 396 g/mol. The monoisotopic (exact) mass is 412 g/mol. The quantitative estimate of drug-likeness (QED) is 0.700. The Hall–Kier alpha value is -2.62. The van der Waals surface area contributed by atoms with Gasteiger partial charge in [-0.05, 0) is 42.8 Å². The predicted molar refractivity (Wildman–Crippen MR) is 99.5 cm³/mol. The van der Waals surface area contributed by atoms with Crippen LogP contribution in [0, 0.1) is 6.92 Å². The number of sulfonamides is 1. The molecule has 2 aromatic carbocycles. The first kappa shape index (κ1) is 20.7. The van der Waals surface area contributed by atoms with Gasteiger partial charge in [-0.25, -0.2) is 18.4 Å². The largest absolute Gasteiger partial charge is 0.496 e. The molecule has 0 unspecified atom stereocenters. The van der Waals surface area contributed by atoms with E-state index in [2.05, 4.69) is 5.32 Å². The van der Waals surface area contributed by atoms with Crippen LogP contribution in [0.25, 0.3) is 0 Å². The van der Waals surface area contributed by atoms with Gasteiger partial charge < -0.3 is 14.8 Å². The Bertz CT molecular complexity index is 991. The number of esters is 1. The maximum Gasteiger partial charge on any atom is 0.342 e. The van der Waals surface area contributed by atoms with Crippen molar-refractivity contribution in [1.82, 2.24) is 0 Å². The number of halogens is 1. The molecule has 0 aromatic heterocycles. The van der Waals surface area contributed by atoms with Gasteiger partial charge in [-0.15, -0.1) is 0 Å². The van der Waals surface area contributed by atoms with Crippen LogP contribution in [-0.4, -0.2) is 34.0 Å². The SMILES string of the molecule is COc1ccc(S(N)(=O)=O)cc1C(=O)OCC(=O)Nc1cc(Cl)ccc1C. The lowest BCUT2D eigenvalue weighted by Gasteiger charge is -2.11. The van der Waals surface area contributed by atoms with Crippen molar-refractivity contribution in [1.29, 1.82) is 0 Å². The number of hydrogen-bond donors (Lipinski definition) is 2. The highest BCUT2D eigenvalue weighted by Crippen LogP contribution is 2.23. The summed E-state index contributed by atoms with van der Waals surface area (Å²) in [4.78, 5) is 24.0. The number of aryl methyl sites for hydroxylation is 1. The third-order valence-electron chi connectivity index (χ3n) is 3.53. The Labute approximate surface area is 161 Å². The molecule has 0 aliphatic heterocycles. The minimum absolute atomic E-state index is 0.0819. The molecule has 3 N–H and O–H groups in total. The number of anilines is 1. The molecule has 0 bridgehead atoms. The maximum atomic E-state index is 12.2. The van der Waals surface area contributed by atoms with Gasteiger partial charge in [0.1, 0.15) is 11.3 Å². The Morgan fingerprint density at radius 3 is 2.52 bits per heavy atom. The molecular formula is C17H17ClN2O6S. The van der Waals surface area contributed by atoms with E-state index in [9.17, 15) is 18.0 Å². The van der Waals surface area contributed by atoms with Crippen molar-refractivity contribution in [3.63, 3.8) is 0 Å². The van der Waals surface area contributed by atoms with Crippen LogP contribution in [0.4, 0.5) is 5.69 Å². The predicted octanol–water partition coefficient (Wildman–Crippen LogP) is 2.10. The first-order chi connectivity index (χ1) is 12.6. The number of carbonyl (C=O) groups is 2. The van der Waals surface area contributed by atoms with Crippen LogP contribution in [0.1, 0.15) is 15.9 Å². The summed E-state index contributed by atoms with van der Waals surface area (Å²) in [6.45, 7) is 1.19. The molecule has 8 nitrogen and oxygen atoms in total. The number of hydrogen-bond acceptors (Lipinski definition) is 6. The summed E-state index contributed by atoms with van der Waals surface area (Å²) in [5, 5.41) is 8.07. The highest BCUT2D eigenvalue weighted by molar-refractivity contribution is 7.89. The second kappa shape index (κ2) is 8.38. The van der Waals surface area contributed by atoms with E-state index in [4.69, 9.17) is 26.2 Å². The molecule has 0 aliphatic rings. The molecule has 0 saturated carbocycles. The molecule has 0 spiro atoms. The van der Waals surface area contributed by atoms with Gasteiger partial charge in [-0.1, -0.05) is 17.7 Å². The van der Waals surface area contributed by atoms with E-state index in [-0.39, 0.29) is 16.2 Å². The van der Waals surface area contributed by atoms with E-state index in [0.29, 0.717) is 10.7 Å². The Morgan fingerprint density at radius 1 is 1.19 bits per heavy atom. The van der Waals surface area contributed by atoms with Crippen molar-refractivity contribution < 1.29 is 27.5 Å². The van der Waals surface area contributed by atoms with Crippen molar-refractivity contribution >= 4 is 39.2 Å². The summed E-state index contributed by atoms with van der Waals surface area (Å²) in [5.41, 5.74) is 1.09. The average Bonchev–Trinajstić information content (AvgIpc) is 2.61. The Morgan fingerprint density at radius 2 is 1.89 bits per heavy atom. The fourth-order valence-corrected chi connectivity index (χ4v) is 2.86. The summed E-state index contributed by atoms with van der Waals surface area (Å²) in [6.07, 6.45) is 0. The van der Waals surface area contributed by atoms with Crippen molar-refractivity contribution in [2.75, 3.05) is 19.0 Å². The van der Waals surface area contributed by atoms with Gasteiger partial charge in [0.25, 0.3) is 5.91 Å². The van der Waals surface area contributed by atoms with Crippen molar-refractivity contribution in [2.45, 2.75) is 11.8 Å².